The van der Waals surface area contributed by atoms with Gasteiger partial charge in [-0.1, -0.05) is 5.16 Å². The van der Waals surface area contributed by atoms with Crippen molar-refractivity contribution in [1.29, 1.82) is 0 Å². The van der Waals surface area contributed by atoms with Gasteiger partial charge in [0.05, 0.1) is 6.61 Å². The second kappa shape index (κ2) is 6.92. The molecule has 0 aromatic heterocycles. The predicted molar refractivity (Wildman–Crippen MR) is 62.9 cm³/mol. The van der Waals surface area contributed by atoms with Gasteiger partial charge in [-0.25, -0.2) is 0 Å². The molecule has 1 heterocycles. The van der Waals surface area contributed by atoms with Crippen molar-refractivity contribution < 1.29 is 23.5 Å². The van der Waals surface area contributed by atoms with E-state index in [0.717, 1.165) is 0 Å². The van der Waals surface area contributed by atoms with Crippen LogP contribution in [0.2, 0.25) is 0 Å². The van der Waals surface area contributed by atoms with Crippen LogP contribution in [-0.2, 0) is 0 Å². The third kappa shape index (κ3) is 4.84. The van der Waals surface area contributed by atoms with Gasteiger partial charge in [-0.3, -0.25) is 9.80 Å². The topological polar surface area (TPSA) is 85.3 Å². The van der Waals surface area contributed by atoms with Crippen molar-refractivity contribution in [3.63, 3.8) is 0 Å². The first-order valence-electron chi connectivity index (χ1n) is 5.98. The van der Waals surface area contributed by atoms with Crippen molar-refractivity contribution in [2.75, 3.05) is 45.9 Å². The number of piperazine rings is 1. The van der Waals surface area contributed by atoms with Gasteiger partial charge in [-0.05, 0) is 0 Å². The smallest absolute Gasteiger partial charge is 0.400 e. The van der Waals surface area contributed by atoms with Crippen LogP contribution in [-0.4, -0.2) is 78.0 Å². The second-order valence-corrected chi connectivity index (χ2v) is 4.48. The van der Waals surface area contributed by atoms with Crippen LogP contribution in [0.5, 0.6) is 0 Å². The van der Waals surface area contributed by atoms with E-state index in [2.05, 4.69) is 5.16 Å². The summed E-state index contributed by atoms with van der Waals surface area (Å²) >= 11 is 0. The van der Waals surface area contributed by atoms with Crippen LogP contribution in [0.25, 0.3) is 0 Å². The van der Waals surface area contributed by atoms with Crippen LogP contribution in [0.3, 0.4) is 0 Å². The van der Waals surface area contributed by atoms with Gasteiger partial charge < -0.3 is 16.0 Å². The van der Waals surface area contributed by atoms with E-state index >= 15 is 0 Å². The molecule has 0 bridgehead atoms. The summed E-state index contributed by atoms with van der Waals surface area (Å²) in [5, 5.41) is 19.7. The Balaban J connectivity index is 2.53. The maximum atomic E-state index is 12.8. The number of nitrogens with two attached hydrogens (primary N) is 1. The highest BCUT2D eigenvalue weighted by molar-refractivity contribution is 5.83. The van der Waals surface area contributed by atoms with Crippen LogP contribution in [0, 0.1) is 5.92 Å². The van der Waals surface area contributed by atoms with E-state index in [1.807, 2.05) is 4.90 Å². The molecule has 4 N–H and O–H groups in total. The van der Waals surface area contributed by atoms with Crippen LogP contribution in [0.1, 0.15) is 0 Å². The summed E-state index contributed by atoms with van der Waals surface area (Å²) in [6, 6.07) is 0. The number of aliphatic hydroxyl groups excluding tert-OH is 1. The van der Waals surface area contributed by atoms with E-state index in [1.54, 1.807) is 4.90 Å². The predicted octanol–water partition coefficient (Wildman–Crippen LogP) is -0.479. The van der Waals surface area contributed by atoms with Crippen LogP contribution in [0.15, 0.2) is 5.16 Å². The van der Waals surface area contributed by atoms with E-state index in [9.17, 15) is 13.2 Å². The molecule has 0 saturated carbocycles. The molecule has 9 heteroatoms. The molecule has 1 saturated heterocycles. The number of halogens is 3. The van der Waals surface area contributed by atoms with Gasteiger partial charge in [-0.15, -0.1) is 0 Å². The number of oxime groups is 1. The third-order valence-corrected chi connectivity index (χ3v) is 3.19. The molecule has 0 radical (unpaired) electrons. The highest BCUT2D eigenvalue weighted by atomic mass is 19.4. The Morgan fingerprint density at radius 3 is 2.16 bits per heavy atom. The molecule has 6 nitrogen and oxygen atoms in total. The maximum absolute atomic E-state index is 12.8. The first-order valence-corrected chi connectivity index (χ1v) is 5.98. The Labute approximate surface area is 109 Å². The molecule has 112 valence electrons. The van der Waals surface area contributed by atoms with Gasteiger partial charge in [0.25, 0.3) is 0 Å². The molecule has 1 fully saturated rings. The number of amidine groups is 1. The minimum atomic E-state index is -4.53. The first-order chi connectivity index (χ1) is 8.88. The summed E-state index contributed by atoms with van der Waals surface area (Å²) < 4.78 is 38.3. The minimum Gasteiger partial charge on any atom is -0.409 e. The molecule has 0 aromatic rings. The molecule has 0 aliphatic carbocycles. The number of hydrogen-bond donors (Lipinski definition) is 3. The Morgan fingerprint density at radius 1 is 1.21 bits per heavy atom. The van der Waals surface area contributed by atoms with E-state index in [4.69, 9.17) is 16.0 Å². The zero-order chi connectivity index (χ0) is 14.5. The highest BCUT2D eigenvalue weighted by Crippen LogP contribution is 2.27. The Morgan fingerprint density at radius 2 is 1.74 bits per heavy atom. The van der Waals surface area contributed by atoms with Gasteiger partial charge >= 0.3 is 6.18 Å². The molecule has 0 aromatic carbocycles. The normalized spacial score (nSPS) is 21.6. The largest absolute Gasteiger partial charge is 0.409 e. The van der Waals surface area contributed by atoms with E-state index in [0.29, 0.717) is 32.7 Å². The van der Waals surface area contributed by atoms with Gasteiger partial charge in [0.15, 0.2) is 5.84 Å². The maximum Gasteiger partial charge on any atom is 0.400 e. The molecule has 1 unspecified atom stereocenters. The number of rotatable bonds is 5. The average molecular weight is 284 g/mol. The quantitative estimate of drug-likeness (QED) is 0.275. The molecular weight excluding hydrogens is 265 g/mol. The summed E-state index contributed by atoms with van der Waals surface area (Å²) in [5.74, 6) is -2.77. The Hall–Kier alpha value is -1.06. The summed E-state index contributed by atoms with van der Waals surface area (Å²) in [5.41, 5.74) is 5.11. The monoisotopic (exact) mass is 284 g/mol. The highest BCUT2D eigenvalue weighted by Gasteiger charge is 2.43. The molecular formula is C10H19F3N4O2. The summed E-state index contributed by atoms with van der Waals surface area (Å²) in [7, 11) is 0. The molecule has 1 aliphatic rings. The third-order valence-electron chi connectivity index (χ3n) is 3.19. The average Bonchev–Trinajstić information content (AvgIpc) is 2.36. The zero-order valence-corrected chi connectivity index (χ0v) is 10.5. The van der Waals surface area contributed by atoms with Crippen molar-refractivity contribution in [3.8, 4) is 0 Å². The van der Waals surface area contributed by atoms with Crippen molar-refractivity contribution in [2.45, 2.75) is 6.18 Å². The van der Waals surface area contributed by atoms with Crippen LogP contribution in [0.4, 0.5) is 13.2 Å². The Bertz CT molecular complexity index is 304. The van der Waals surface area contributed by atoms with Crippen molar-refractivity contribution in [2.24, 2.45) is 16.8 Å². The fourth-order valence-electron chi connectivity index (χ4n) is 2.03. The SMILES string of the molecule is NC(=NO)C(CN1CCN(CCO)CC1)C(F)(F)F. The fraction of sp³-hybridized carbons (Fsp3) is 0.900. The van der Waals surface area contributed by atoms with Gasteiger partial charge in [0.2, 0.25) is 0 Å². The number of hydrogen-bond acceptors (Lipinski definition) is 5. The molecule has 0 spiro atoms. The molecule has 0 amide bonds. The number of aliphatic hydroxyl groups is 1. The molecule has 1 rings (SSSR count). The number of nitrogens with zero attached hydrogens (tertiary/aromatic N) is 3. The Kier molecular flexibility index (Phi) is 5.83. The van der Waals surface area contributed by atoms with E-state index in [1.165, 1.54) is 0 Å². The van der Waals surface area contributed by atoms with Crippen molar-refractivity contribution in [3.05, 3.63) is 0 Å². The first kappa shape index (κ1) is 16.0. The second-order valence-electron chi connectivity index (χ2n) is 4.48. The fourth-order valence-corrected chi connectivity index (χ4v) is 2.03. The van der Waals surface area contributed by atoms with Gasteiger partial charge in [0.1, 0.15) is 5.92 Å². The summed E-state index contributed by atoms with van der Waals surface area (Å²) in [6.45, 7) is 2.37. The molecule has 1 aliphatic heterocycles. The van der Waals surface area contributed by atoms with Crippen LogP contribution >= 0.6 is 0 Å². The van der Waals surface area contributed by atoms with Crippen LogP contribution < -0.4 is 5.73 Å². The molecule has 19 heavy (non-hydrogen) atoms. The lowest BCUT2D eigenvalue weighted by atomic mass is 10.1. The lowest BCUT2D eigenvalue weighted by Gasteiger charge is -2.36. The molecule has 1 atom stereocenters. The van der Waals surface area contributed by atoms with Crippen molar-refractivity contribution in [1.82, 2.24) is 9.80 Å². The lowest BCUT2D eigenvalue weighted by Crippen LogP contribution is -2.51. The van der Waals surface area contributed by atoms with E-state index < -0.39 is 17.9 Å². The van der Waals surface area contributed by atoms with Crippen molar-refractivity contribution >= 4 is 5.84 Å². The lowest BCUT2D eigenvalue weighted by molar-refractivity contribution is -0.161. The number of β-amino-alcohol motifs (C(OH)–C–C–N with tert-alkyl or cyclic N) is 1. The zero-order valence-electron chi connectivity index (χ0n) is 10.5. The summed E-state index contributed by atoms with van der Waals surface area (Å²) in [6.07, 6.45) is -4.53. The standard InChI is InChI=1S/C10H19F3N4O2/c11-10(12,13)8(9(14)15-19)7-17-3-1-16(2-4-17)5-6-18/h8,18-19H,1-7H2,(H2,14,15). The minimum absolute atomic E-state index is 0.0370. The number of alkyl halides is 3. The van der Waals surface area contributed by atoms with Gasteiger partial charge in [-0.2, -0.15) is 13.2 Å². The van der Waals surface area contributed by atoms with Gasteiger partial charge in [0, 0.05) is 39.3 Å². The van der Waals surface area contributed by atoms with E-state index in [-0.39, 0.29) is 13.2 Å². The summed E-state index contributed by atoms with van der Waals surface area (Å²) in [4.78, 5) is 3.60.